The van der Waals surface area contributed by atoms with Crippen molar-refractivity contribution in [3.8, 4) is 17.6 Å². The predicted molar refractivity (Wildman–Crippen MR) is 111 cm³/mol. The molecule has 3 aromatic rings. The Kier molecular flexibility index (Phi) is 6.02. The molecule has 1 aliphatic carbocycles. The molecular weight excluding hydrogens is 448 g/mol. The summed E-state index contributed by atoms with van der Waals surface area (Å²) in [5.41, 5.74) is -0.382. The smallest absolute Gasteiger partial charge is 0.420 e. The summed E-state index contributed by atoms with van der Waals surface area (Å²) in [6.07, 6.45) is 1.23. The maximum absolute atomic E-state index is 13.4. The Morgan fingerprint density at radius 2 is 2.00 bits per heavy atom. The SMILES string of the molecule is CC1(c2nnc(Oc3ccccc3Cl)o2)CC(NC(=O)COc2ccc(Cl)c(F)c2)C1. The number of hydrogen-bond acceptors (Lipinski definition) is 6. The highest BCUT2D eigenvalue weighted by atomic mass is 35.5. The molecular formula is C21H18Cl2FN3O4. The lowest BCUT2D eigenvalue weighted by Crippen LogP contribution is -2.52. The van der Waals surface area contributed by atoms with Crippen LogP contribution in [0.15, 0.2) is 46.9 Å². The fourth-order valence-corrected chi connectivity index (χ4v) is 3.70. The number of hydrogen-bond donors (Lipinski definition) is 1. The number of para-hydroxylation sites is 1. The Bertz CT molecular complexity index is 1100. The molecule has 1 heterocycles. The van der Waals surface area contributed by atoms with Crippen LogP contribution in [0, 0.1) is 5.82 Å². The molecule has 0 radical (unpaired) electrons. The molecule has 1 saturated carbocycles. The van der Waals surface area contributed by atoms with Gasteiger partial charge in [-0.15, -0.1) is 5.10 Å². The third-order valence-electron chi connectivity index (χ3n) is 4.98. The van der Waals surface area contributed by atoms with Gasteiger partial charge < -0.3 is 19.2 Å². The minimum atomic E-state index is -0.605. The second-order valence-corrected chi connectivity index (χ2v) is 8.32. The van der Waals surface area contributed by atoms with Crippen molar-refractivity contribution in [3.05, 3.63) is 64.2 Å². The van der Waals surface area contributed by atoms with Crippen molar-refractivity contribution in [2.24, 2.45) is 0 Å². The highest BCUT2D eigenvalue weighted by molar-refractivity contribution is 6.32. The van der Waals surface area contributed by atoms with E-state index in [1.165, 1.54) is 12.1 Å². The lowest BCUT2D eigenvalue weighted by atomic mass is 9.66. The number of benzene rings is 2. The molecule has 10 heteroatoms. The van der Waals surface area contributed by atoms with E-state index in [0.717, 1.165) is 6.07 Å². The van der Waals surface area contributed by atoms with E-state index in [-0.39, 0.29) is 40.8 Å². The minimum absolute atomic E-state index is 0.000377. The van der Waals surface area contributed by atoms with Gasteiger partial charge in [-0.3, -0.25) is 4.79 Å². The van der Waals surface area contributed by atoms with Crippen molar-refractivity contribution >= 4 is 29.1 Å². The van der Waals surface area contributed by atoms with Crippen LogP contribution < -0.4 is 14.8 Å². The summed E-state index contributed by atoms with van der Waals surface area (Å²) in [5, 5.41) is 11.3. The van der Waals surface area contributed by atoms with E-state index in [9.17, 15) is 9.18 Å². The molecule has 1 fully saturated rings. The topological polar surface area (TPSA) is 86.5 Å². The van der Waals surface area contributed by atoms with E-state index in [4.69, 9.17) is 37.1 Å². The monoisotopic (exact) mass is 465 g/mol. The molecule has 7 nitrogen and oxygen atoms in total. The first kappa shape index (κ1) is 21.4. The van der Waals surface area contributed by atoms with Gasteiger partial charge in [0.15, 0.2) is 12.4 Å². The largest absolute Gasteiger partial charge is 0.484 e. The summed E-state index contributed by atoms with van der Waals surface area (Å²) in [6.45, 7) is 1.74. The third-order valence-corrected chi connectivity index (χ3v) is 5.60. The van der Waals surface area contributed by atoms with Crippen molar-refractivity contribution in [2.75, 3.05) is 6.61 Å². The molecule has 1 amide bonds. The molecule has 0 spiro atoms. The third kappa shape index (κ3) is 4.91. The van der Waals surface area contributed by atoms with Crippen LogP contribution in [0.5, 0.6) is 17.6 Å². The zero-order valence-electron chi connectivity index (χ0n) is 16.4. The van der Waals surface area contributed by atoms with Crippen molar-refractivity contribution in [3.63, 3.8) is 0 Å². The van der Waals surface area contributed by atoms with Crippen LogP contribution in [-0.2, 0) is 10.2 Å². The molecule has 0 atom stereocenters. The summed E-state index contributed by atoms with van der Waals surface area (Å²) in [7, 11) is 0. The molecule has 1 N–H and O–H groups in total. The van der Waals surface area contributed by atoms with Crippen molar-refractivity contribution < 1.29 is 23.1 Å². The molecule has 31 heavy (non-hydrogen) atoms. The van der Waals surface area contributed by atoms with Crippen molar-refractivity contribution in [1.82, 2.24) is 15.5 Å². The van der Waals surface area contributed by atoms with Crippen LogP contribution in [0.1, 0.15) is 25.7 Å². The van der Waals surface area contributed by atoms with Gasteiger partial charge in [0.05, 0.1) is 10.0 Å². The molecule has 1 aliphatic rings. The van der Waals surface area contributed by atoms with Gasteiger partial charge in [0, 0.05) is 17.5 Å². The second-order valence-electron chi connectivity index (χ2n) is 7.50. The lowest BCUT2D eigenvalue weighted by molar-refractivity contribution is -0.124. The molecule has 0 aliphatic heterocycles. The number of carbonyl (C=O) groups is 1. The molecule has 0 bridgehead atoms. The van der Waals surface area contributed by atoms with Gasteiger partial charge >= 0.3 is 6.08 Å². The highest BCUT2D eigenvalue weighted by Crippen LogP contribution is 2.43. The van der Waals surface area contributed by atoms with E-state index in [1.54, 1.807) is 24.3 Å². The summed E-state index contributed by atoms with van der Waals surface area (Å²) in [6, 6.07) is 10.9. The number of nitrogens with zero attached hydrogens (tertiary/aromatic N) is 2. The van der Waals surface area contributed by atoms with Gasteiger partial charge in [-0.1, -0.05) is 47.4 Å². The summed E-state index contributed by atoms with van der Waals surface area (Å²) in [4.78, 5) is 12.1. The Morgan fingerprint density at radius 3 is 2.74 bits per heavy atom. The minimum Gasteiger partial charge on any atom is -0.484 e. The Labute approximate surface area is 187 Å². The van der Waals surface area contributed by atoms with Gasteiger partial charge in [0.2, 0.25) is 5.89 Å². The normalized spacial score (nSPS) is 20.1. The fraction of sp³-hybridized carbons (Fsp3) is 0.286. The van der Waals surface area contributed by atoms with Crippen LogP contribution in [0.25, 0.3) is 0 Å². The zero-order valence-corrected chi connectivity index (χ0v) is 17.9. The summed E-state index contributed by atoms with van der Waals surface area (Å²) in [5.74, 6) is 0.159. The molecule has 0 saturated heterocycles. The van der Waals surface area contributed by atoms with Crippen molar-refractivity contribution in [1.29, 1.82) is 0 Å². The van der Waals surface area contributed by atoms with E-state index >= 15 is 0 Å². The zero-order chi connectivity index (χ0) is 22.0. The lowest BCUT2D eigenvalue weighted by Gasteiger charge is -2.42. The van der Waals surface area contributed by atoms with E-state index < -0.39 is 5.82 Å². The quantitative estimate of drug-likeness (QED) is 0.532. The van der Waals surface area contributed by atoms with Gasteiger partial charge in [-0.25, -0.2) is 4.39 Å². The van der Waals surface area contributed by atoms with Crippen LogP contribution in [0.2, 0.25) is 10.0 Å². The van der Waals surface area contributed by atoms with E-state index in [0.29, 0.717) is 29.5 Å². The van der Waals surface area contributed by atoms with Crippen LogP contribution in [0.4, 0.5) is 4.39 Å². The highest BCUT2D eigenvalue weighted by Gasteiger charge is 2.46. The average molecular weight is 466 g/mol. The van der Waals surface area contributed by atoms with Crippen LogP contribution in [-0.4, -0.2) is 28.8 Å². The first-order valence-corrected chi connectivity index (χ1v) is 10.2. The van der Waals surface area contributed by atoms with Gasteiger partial charge in [-0.2, -0.15) is 0 Å². The number of amides is 1. The number of halogens is 3. The van der Waals surface area contributed by atoms with Gasteiger partial charge in [-0.05, 0) is 37.1 Å². The van der Waals surface area contributed by atoms with Gasteiger partial charge in [0.25, 0.3) is 5.91 Å². The van der Waals surface area contributed by atoms with Crippen LogP contribution in [0.3, 0.4) is 0 Å². The molecule has 162 valence electrons. The molecule has 2 aromatic carbocycles. The second kappa shape index (κ2) is 8.72. The first-order valence-electron chi connectivity index (χ1n) is 9.46. The number of aromatic nitrogens is 2. The Balaban J connectivity index is 1.27. The maximum atomic E-state index is 13.4. The van der Waals surface area contributed by atoms with Crippen LogP contribution >= 0.6 is 23.2 Å². The van der Waals surface area contributed by atoms with E-state index in [1.807, 2.05) is 6.92 Å². The standard InChI is InChI=1S/C21H18Cl2FN3O4/c1-21(19-26-27-20(31-19)30-17-5-3-2-4-15(17)23)9-12(10-21)25-18(28)11-29-13-6-7-14(22)16(24)8-13/h2-8,12H,9-11H2,1H3,(H,25,28). The van der Waals surface area contributed by atoms with Gasteiger partial charge in [0.1, 0.15) is 11.6 Å². The molecule has 0 unspecified atom stereocenters. The van der Waals surface area contributed by atoms with E-state index in [2.05, 4.69) is 15.5 Å². The summed E-state index contributed by atoms with van der Waals surface area (Å²) < 4.78 is 29.9. The number of rotatable bonds is 7. The fourth-order valence-electron chi connectivity index (χ4n) is 3.41. The number of carbonyl (C=O) groups excluding carboxylic acids is 1. The first-order chi connectivity index (χ1) is 14.8. The summed E-state index contributed by atoms with van der Waals surface area (Å²) >= 11 is 11.7. The molecule has 4 rings (SSSR count). The number of nitrogens with one attached hydrogen (secondary N) is 1. The predicted octanol–water partition coefficient (Wildman–Crippen LogP) is 4.92. The Morgan fingerprint density at radius 1 is 1.23 bits per heavy atom. The molecule has 1 aromatic heterocycles. The Hall–Kier alpha value is -2.84. The average Bonchev–Trinajstić information content (AvgIpc) is 3.18. The maximum Gasteiger partial charge on any atom is 0.420 e. The van der Waals surface area contributed by atoms with Crippen molar-refractivity contribution in [2.45, 2.75) is 31.2 Å². The number of ether oxygens (including phenoxy) is 2.